The van der Waals surface area contributed by atoms with Crippen molar-refractivity contribution in [2.75, 3.05) is 19.8 Å². The van der Waals surface area contributed by atoms with Crippen molar-refractivity contribution in [1.29, 1.82) is 0 Å². The first-order chi connectivity index (χ1) is 10.6. The molecule has 0 aromatic carbocycles. The SMILES string of the molecule is CCCCCCOP(=O)(O)O.NCCCCCCOP(=O)(O)O. The third-order valence-electron chi connectivity index (χ3n) is 2.62. The highest BCUT2D eigenvalue weighted by atomic mass is 31.2. The van der Waals surface area contributed by atoms with Crippen LogP contribution in [0.4, 0.5) is 0 Å². The van der Waals surface area contributed by atoms with E-state index < -0.39 is 15.6 Å². The van der Waals surface area contributed by atoms with Crippen LogP contribution < -0.4 is 5.73 Å². The van der Waals surface area contributed by atoms with E-state index in [1.807, 2.05) is 0 Å². The lowest BCUT2D eigenvalue weighted by Crippen LogP contribution is -1.98. The molecule has 0 fully saturated rings. The molecule has 11 heteroatoms. The number of hydrogen-bond donors (Lipinski definition) is 5. The maximum Gasteiger partial charge on any atom is 0.469 e. The minimum Gasteiger partial charge on any atom is -0.330 e. The van der Waals surface area contributed by atoms with Gasteiger partial charge in [0.1, 0.15) is 0 Å². The predicted octanol–water partition coefficient (Wildman–Crippen LogP) is 2.29. The van der Waals surface area contributed by atoms with Crippen LogP contribution in [0.25, 0.3) is 0 Å². The monoisotopic (exact) mass is 379 g/mol. The van der Waals surface area contributed by atoms with Crippen LogP contribution in [0.15, 0.2) is 0 Å². The summed E-state index contributed by atoms with van der Waals surface area (Å²) >= 11 is 0. The fourth-order valence-corrected chi connectivity index (χ4v) is 2.23. The second kappa shape index (κ2) is 15.7. The van der Waals surface area contributed by atoms with E-state index in [0.29, 0.717) is 13.0 Å². The highest BCUT2D eigenvalue weighted by molar-refractivity contribution is 7.46. The second-order valence-electron chi connectivity index (χ2n) is 4.91. The molecule has 0 aromatic rings. The van der Waals surface area contributed by atoms with Crippen LogP contribution in [0.3, 0.4) is 0 Å². The van der Waals surface area contributed by atoms with Gasteiger partial charge in [-0.2, -0.15) is 0 Å². The van der Waals surface area contributed by atoms with Crippen molar-refractivity contribution in [2.45, 2.75) is 58.3 Å². The maximum atomic E-state index is 10.2. The maximum absolute atomic E-state index is 10.2. The van der Waals surface area contributed by atoms with E-state index in [9.17, 15) is 9.13 Å². The Morgan fingerprint density at radius 1 is 0.739 bits per heavy atom. The number of unbranched alkanes of at least 4 members (excludes halogenated alkanes) is 6. The Morgan fingerprint density at radius 2 is 1.13 bits per heavy atom. The van der Waals surface area contributed by atoms with Gasteiger partial charge in [-0.3, -0.25) is 9.05 Å². The zero-order valence-corrected chi connectivity index (χ0v) is 15.5. The Hall–Kier alpha value is 0.180. The molecule has 0 radical (unpaired) electrons. The van der Waals surface area contributed by atoms with Crippen molar-refractivity contribution in [1.82, 2.24) is 0 Å². The highest BCUT2D eigenvalue weighted by Crippen LogP contribution is 2.36. The minimum atomic E-state index is -4.25. The van der Waals surface area contributed by atoms with Gasteiger partial charge in [0.05, 0.1) is 13.2 Å². The smallest absolute Gasteiger partial charge is 0.330 e. The average molecular weight is 379 g/mol. The third kappa shape index (κ3) is 30.6. The van der Waals surface area contributed by atoms with Gasteiger partial charge in [0, 0.05) is 0 Å². The fourth-order valence-electron chi connectivity index (χ4n) is 1.50. The van der Waals surface area contributed by atoms with E-state index in [0.717, 1.165) is 44.9 Å². The largest absolute Gasteiger partial charge is 0.469 e. The molecule has 0 bridgehead atoms. The molecule has 0 saturated heterocycles. The summed E-state index contributed by atoms with van der Waals surface area (Å²) in [7, 11) is -8.46. The summed E-state index contributed by atoms with van der Waals surface area (Å²) in [5.74, 6) is 0. The topological polar surface area (TPSA) is 160 Å². The molecule has 0 aliphatic rings. The molecule has 0 aromatic heterocycles. The summed E-state index contributed by atoms with van der Waals surface area (Å²) in [6, 6.07) is 0. The Labute approximate surface area is 138 Å². The molecular formula is C12H31NO8P2. The van der Waals surface area contributed by atoms with Crippen molar-refractivity contribution in [3.63, 3.8) is 0 Å². The molecule has 0 unspecified atom stereocenters. The molecule has 0 saturated carbocycles. The molecule has 0 aliphatic carbocycles. The number of rotatable bonds is 13. The zero-order chi connectivity index (χ0) is 18.2. The van der Waals surface area contributed by atoms with Gasteiger partial charge < -0.3 is 25.3 Å². The second-order valence-corrected chi connectivity index (χ2v) is 7.39. The zero-order valence-electron chi connectivity index (χ0n) is 13.7. The molecule has 0 amide bonds. The lowest BCUT2D eigenvalue weighted by molar-refractivity contribution is 0.191. The number of phosphoric ester groups is 2. The minimum absolute atomic E-state index is 0.120. The van der Waals surface area contributed by atoms with E-state index in [1.165, 1.54) is 0 Å². The van der Waals surface area contributed by atoms with Gasteiger partial charge in [0.25, 0.3) is 0 Å². The molecule has 0 spiro atoms. The van der Waals surface area contributed by atoms with Crippen molar-refractivity contribution < 1.29 is 37.8 Å². The Morgan fingerprint density at radius 3 is 1.48 bits per heavy atom. The molecule has 0 aliphatic heterocycles. The van der Waals surface area contributed by atoms with Crippen LogP contribution in [0.5, 0.6) is 0 Å². The summed E-state index contributed by atoms with van der Waals surface area (Å²) in [5.41, 5.74) is 5.26. The first-order valence-electron chi connectivity index (χ1n) is 7.72. The van der Waals surface area contributed by atoms with Gasteiger partial charge in [0.2, 0.25) is 0 Å². The van der Waals surface area contributed by atoms with E-state index in [2.05, 4.69) is 16.0 Å². The molecule has 142 valence electrons. The first-order valence-corrected chi connectivity index (χ1v) is 10.8. The first kappa shape index (κ1) is 25.4. The van der Waals surface area contributed by atoms with E-state index in [4.69, 9.17) is 25.3 Å². The summed E-state index contributed by atoms with van der Waals surface area (Å²) in [5, 5.41) is 0. The summed E-state index contributed by atoms with van der Waals surface area (Å²) < 4.78 is 28.8. The molecule has 0 rings (SSSR count). The van der Waals surface area contributed by atoms with Crippen molar-refractivity contribution in [2.24, 2.45) is 5.73 Å². The number of phosphoric acid groups is 2. The van der Waals surface area contributed by atoms with Gasteiger partial charge >= 0.3 is 15.6 Å². The fraction of sp³-hybridized carbons (Fsp3) is 1.00. The standard InChI is InChI=1S/C6H16NO4P.C6H15O4P/c7-5-3-1-2-4-6-11-12(8,9)10;1-2-3-4-5-6-10-11(7,8)9/h1-7H2,(H2,8,9,10);2-6H2,1H3,(H2,7,8,9). The molecular weight excluding hydrogens is 348 g/mol. The predicted molar refractivity (Wildman–Crippen MR) is 87.7 cm³/mol. The van der Waals surface area contributed by atoms with E-state index >= 15 is 0 Å². The van der Waals surface area contributed by atoms with Crippen LogP contribution in [0.2, 0.25) is 0 Å². The van der Waals surface area contributed by atoms with Gasteiger partial charge in [-0.05, 0) is 25.8 Å². The molecule has 6 N–H and O–H groups in total. The van der Waals surface area contributed by atoms with Crippen molar-refractivity contribution >= 4 is 15.6 Å². The average Bonchev–Trinajstić information content (AvgIpc) is 2.41. The lowest BCUT2D eigenvalue weighted by Gasteiger charge is -2.03. The van der Waals surface area contributed by atoms with Crippen molar-refractivity contribution in [3.8, 4) is 0 Å². The van der Waals surface area contributed by atoms with Crippen LogP contribution in [-0.4, -0.2) is 39.3 Å². The number of nitrogens with two attached hydrogens (primary N) is 1. The van der Waals surface area contributed by atoms with Gasteiger partial charge in [-0.1, -0.05) is 39.0 Å². The van der Waals surface area contributed by atoms with E-state index in [1.54, 1.807) is 0 Å². The molecule has 0 heterocycles. The summed E-state index contributed by atoms with van der Waals surface area (Å²) in [6.45, 7) is 3.02. The number of hydrogen-bond acceptors (Lipinski definition) is 5. The van der Waals surface area contributed by atoms with Crippen LogP contribution in [-0.2, 0) is 18.2 Å². The molecule has 9 nitrogen and oxygen atoms in total. The highest BCUT2D eigenvalue weighted by Gasteiger charge is 2.12. The van der Waals surface area contributed by atoms with E-state index in [-0.39, 0.29) is 13.2 Å². The van der Waals surface area contributed by atoms with Crippen LogP contribution in [0.1, 0.15) is 58.3 Å². The summed E-state index contributed by atoms with van der Waals surface area (Å²) in [4.78, 5) is 33.1. The Balaban J connectivity index is 0. The Bertz CT molecular complexity index is 344. The Kier molecular flexibility index (Phi) is 17.3. The van der Waals surface area contributed by atoms with Crippen LogP contribution in [0, 0.1) is 0 Å². The van der Waals surface area contributed by atoms with Gasteiger partial charge in [0.15, 0.2) is 0 Å². The lowest BCUT2D eigenvalue weighted by atomic mass is 10.2. The van der Waals surface area contributed by atoms with Gasteiger partial charge in [-0.25, -0.2) is 9.13 Å². The molecule has 23 heavy (non-hydrogen) atoms. The quantitative estimate of drug-likeness (QED) is 0.239. The van der Waals surface area contributed by atoms with Gasteiger partial charge in [-0.15, -0.1) is 0 Å². The van der Waals surface area contributed by atoms with Crippen molar-refractivity contribution in [3.05, 3.63) is 0 Å². The van der Waals surface area contributed by atoms with Crippen LogP contribution >= 0.6 is 15.6 Å². The summed E-state index contributed by atoms with van der Waals surface area (Å²) in [6.07, 6.45) is 7.40. The normalized spacial score (nSPS) is 11.9. The third-order valence-corrected chi connectivity index (χ3v) is 3.65. The molecule has 0 atom stereocenters.